The first-order chi connectivity index (χ1) is 11.3. The van der Waals surface area contributed by atoms with E-state index in [-0.39, 0.29) is 11.2 Å². The molecule has 24 heavy (non-hydrogen) atoms. The topological polar surface area (TPSA) is 27.7 Å². The Balaban J connectivity index is 1.71. The summed E-state index contributed by atoms with van der Waals surface area (Å²) in [5.74, 6) is 0.654. The van der Waals surface area contributed by atoms with E-state index in [1.807, 2.05) is 76.2 Å². The first-order valence-electron chi connectivity index (χ1n) is 8.10. The highest BCUT2D eigenvalue weighted by Crippen LogP contribution is 2.37. The molecule has 3 rings (SSSR count). The summed E-state index contributed by atoms with van der Waals surface area (Å²) >= 11 is 6.38. The van der Waals surface area contributed by atoms with Gasteiger partial charge in [-0.15, -0.1) is 0 Å². The number of rotatable bonds is 4. The van der Waals surface area contributed by atoms with Gasteiger partial charge in [-0.2, -0.15) is 0 Å². The summed E-state index contributed by atoms with van der Waals surface area (Å²) in [5, 5.41) is 0.554. The SMILES string of the molecule is CC1(C)OB(c2ccc(OCc3ccccc3)c(Cl)c2)OC1(C)C. The van der Waals surface area contributed by atoms with Gasteiger partial charge in [0.15, 0.2) is 0 Å². The Labute approximate surface area is 149 Å². The van der Waals surface area contributed by atoms with E-state index < -0.39 is 7.12 Å². The second-order valence-corrected chi connectivity index (χ2v) is 7.46. The molecule has 126 valence electrons. The van der Waals surface area contributed by atoms with Crippen molar-refractivity contribution in [2.75, 3.05) is 0 Å². The third-order valence-corrected chi connectivity index (χ3v) is 5.01. The van der Waals surface area contributed by atoms with Crippen molar-refractivity contribution < 1.29 is 14.0 Å². The molecule has 0 unspecified atom stereocenters. The van der Waals surface area contributed by atoms with Crippen molar-refractivity contribution >= 4 is 24.2 Å². The first-order valence-corrected chi connectivity index (χ1v) is 8.48. The molecule has 0 atom stereocenters. The molecule has 0 spiro atoms. The summed E-state index contributed by atoms with van der Waals surface area (Å²) in [6.45, 7) is 8.62. The average molecular weight is 345 g/mol. The van der Waals surface area contributed by atoms with Crippen molar-refractivity contribution in [2.45, 2.75) is 45.5 Å². The standard InChI is InChI=1S/C19H22BClO3/c1-18(2)19(3,4)24-20(23-18)15-10-11-17(16(21)12-15)22-13-14-8-6-5-7-9-14/h5-12H,13H2,1-4H3. The van der Waals surface area contributed by atoms with E-state index in [9.17, 15) is 0 Å². The van der Waals surface area contributed by atoms with Crippen LogP contribution in [0, 0.1) is 0 Å². The van der Waals surface area contributed by atoms with E-state index in [1.54, 1.807) is 0 Å². The van der Waals surface area contributed by atoms with Crippen LogP contribution in [-0.2, 0) is 15.9 Å². The van der Waals surface area contributed by atoms with E-state index in [0.29, 0.717) is 17.4 Å². The van der Waals surface area contributed by atoms with Crippen molar-refractivity contribution in [3.8, 4) is 5.75 Å². The lowest BCUT2D eigenvalue weighted by Gasteiger charge is -2.32. The second kappa shape index (κ2) is 6.43. The molecule has 0 N–H and O–H groups in total. The summed E-state index contributed by atoms with van der Waals surface area (Å²) in [4.78, 5) is 0. The molecule has 2 aromatic carbocycles. The van der Waals surface area contributed by atoms with Crippen molar-refractivity contribution in [3.05, 3.63) is 59.1 Å². The fraction of sp³-hybridized carbons (Fsp3) is 0.368. The molecule has 0 aromatic heterocycles. The highest BCUT2D eigenvalue weighted by molar-refractivity contribution is 6.62. The maximum absolute atomic E-state index is 6.38. The molecule has 3 nitrogen and oxygen atoms in total. The molecule has 5 heteroatoms. The Bertz CT molecular complexity index is 700. The van der Waals surface area contributed by atoms with Gasteiger partial charge in [-0.25, -0.2) is 0 Å². The zero-order valence-electron chi connectivity index (χ0n) is 14.5. The molecule has 1 heterocycles. The van der Waals surface area contributed by atoms with Gasteiger partial charge < -0.3 is 14.0 Å². The molecule has 1 aliphatic rings. The highest BCUT2D eigenvalue weighted by Gasteiger charge is 2.51. The van der Waals surface area contributed by atoms with E-state index in [1.165, 1.54) is 0 Å². The van der Waals surface area contributed by atoms with Crippen molar-refractivity contribution in [1.82, 2.24) is 0 Å². The number of halogens is 1. The van der Waals surface area contributed by atoms with Crippen LogP contribution in [0.1, 0.15) is 33.3 Å². The summed E-state index contributed by atoms with van der Waals surface area (Å²) in [6, 6.07) is 15.7. The van der Waals surface area contributed by atoms with Crippen LogP contribution in [0.25, 0.3) is 0 Å². The second-order valence-electron chi connectivity index (χ2n) is 7.05. The largest absolute Gasteiger partial charge is 0.494 e. The van der Waals surface area contributed by atoms with Crippen molar-refractivity contribution in [2.24, 2.45) is 0 Å². The van der Waals surface area contributed by atoms with E-state index in [0.717, 1.165) is 11.0 Å². The Morgan fingerprint density at radius 1 is 0.958 bits per heavy atom. The summed E-state index contributed by atoms with van der Waals surface area (Å²) in [5.41, 5.74) is 1.26. The predicted molar refractivity (Wildman–Crippen MR) is 97.9 cm³/mol. The predicted octanol–water partition coefficient (Wildman–Crippen LogP) is 4.22. The molecule has 0 aliphatic carbocycles. The first kappa shape index (κ1) is 17.3. The van der Waals surface area contributed by atoms with Gasteiger partial charge in [0.05, 0.1) is 16.2 Å². The number of benzene rings is 2. The van der Waals surface area contributed by atoms with Gasteiger partial charge in [-0.05, 0) is 50.9 Å². The Hall–Kier alpha value is -1.49. The van der Waals surface area contributed by atoms with Gasteiger partial charge in [0, 0.05) is 0 Å². The van der Waals surface area contributed by atoms with Gasteiger partial charge in [0.1, 0.15) is 12.4 Å². The molecule has 1 saturated heterocycles. The minimum absolute atomic E-state index is 0.368. The monoisotopic (exact) mass is 344 g/mol. The molecule has 2 aromatic rings. The quantitative estimate of drug-likeness (QED) is 0.777. The Morgan fingerprint density at radius 2 is 1.58 bits per heavy atom. The Morgan fingerprint density at radius 3 is 2.17 bits per heavy atom. The summed E-state index contributed by atoms with van der Waals surface area (Å²) in [6.07, 6.45) is 0. The van der Waals surface area contributed by atoms with Crippen LogP contribution in [0.3, 0.4) is 0 Å². The van der Waals surface area contributed by atoms with Crippen LogP contribution in [0.5, 0.6) is 5.75 Å². The Kier molecular flexibility index (Phi) is 4.65. The van der Waals surface area contributed by atoms with Crippen molar-refractivity contribution in [3.63, 3.8) is 0 Å². The van der Waals surface area contributed by atoms with Gasteiger partial charge in [-0.3, -0.25) is 0 Å². The van der Waals surface area contributed by atoms with Crippen LogP contribution in [0.2, 0.25) is 5.02 Å². The van der Waals surface area contributed by atoms with Crippen LogP contribution in [-0.4, -0.2) is 18.3 Å². The number of hydrogen-bond donors (Lipinski definition) is 0. The van der Waals surface area contributed by atoms with Crippen molar-refractivity contribution in [1.29, 1.82) is 0 Å². The molecule has 0 amide bonds. The minimum Gasteiger partial charge on any atom is -0.487 e. The maximum atomic E-state index is 6.38. The minimum atomic E-state index is -0.421. The average Bonchev–Trinajstić information content (AvgIpc) is 2.75. The molecular formula is C19H22BClO3. The fourth-order valence-electron chi connectivity index (χ4n) is 2.50. The van der Waals surface area contributed by atoms with Crippen LogP contribution < -0.4 is 10.2 Å². The molecule has 0 saturated carbocycles. The van der Waals surface area contributed by atoms with Crippen LogP contribution in [0.4, 0.5) is 0 Å². The molecular weight excluding hydrogens is 322 g/mol. The normalized spacial score (nSPS) is 18.6. The zero-order valence-corrected chi connectivity index (χ0v) is 15.3. The highest BCUT2D eigenvalue weighted by atomic mass is 35.5. The van der Waals surface area contributed by atoms with Gasteiger partial charge in [0.25, 0.3) is 0 Å². The molecule has 0 bridgehead atoms. The maximum Gasteiger partial charge on any atom is 0.494 e. The lowest BCUT2D eigenvalue weighted by atomic mass is 9.79. The van der Waals surface area contributed by atoms with E-state index >= 15 is 0 Å². The van der Waals surface area contributed by atoms with E-state index in [4.69, 9.17) is 25.6 Å². The lowest BCUT2D eigenvalue weighted by Crippen LogP contribution is -2.41. The third-order valence-electron chi connectivity index (χ3n) is 4.72. The van der Waals surface area contributed by atoms with Gasteiger partial charge in [0.2, 0.25) is 0 Å². The van der Waals surface area contributed by atoms with Crippen LogP contribution >= 0.6 is 11.6 Å². The molecule has 1 fully saturated rings. The van der Waals surface area contributed by atoms with E-state index in [2.05, 4.69) is 0 Å². The smallest absolute Gasteiger partial charge is 0.487 e. The zero-order chi connectivity index (χ0) is 17.4. The molecule has 1 aliphatic heterocycles. The number of hydrogen-bond acceptors (Lipinski definition) is 3. The lowest BCUT2D eigenvalue weighted by molar-refractivity contribution is 0.00578. The fourth-order valence-corrected chi connectivity index (χ4v) is 2.74. The summed E-state index contributed by atoms with van der Waals surface area (Å²) < 4.78 is 17.9. The van der Waals surface area contributed by atoms with Gasteiger partial charge >= 0.3 is 7.12 Å². The van der Waals surface area contributed by atoms with Gasteiger partial charge in [-0.1, -0.05) is 48.0 Å². The van der Waals surface area contributed by atoms with Crippen LogP contribution in [0.15, 0.2) is 48.5 Å². The summed E-state index contributed by atoms with van der Waals surface area (Å²) in [7, 11) is -0.421. The molecule has 0 radical (unpaired) electrons. The third kappa shape index (κ3) is 3.46. The number of ether oxygens (including phenoxy) is 1.